The average Bonchev–Trinajstić information content (AvgIpc) is 3.33. The molecule has 0 bridgehead atoms. The lowest BCUT2D eigenvalue weighted by atomic mass is 10.1. The smallest absolute Gasteiger partial charge is 0.346 e. The third-order valence-corrected chi connectivity index (χ3v) is 5.35. The number of carbonyl (C=O) groups excluding carboxylic acids is 1. The number of hydrogen-bond donors (Lipinski definition) is 3. The standard InChI is InChI=1S/C25H16F4N6O/c26-20-16(6-2-8-19(20)25(27,28)29)24(36)35-15-5-1-4-14(12-15)34-23-17(7-3-10-30-23)21-18-9-11-31-22(18)33-13-32-21/h1-13H,(H,30,34)(H,35,36)(H,31,32,33). The summed E-state index contributed by atoms with van der Waals surface area (Å²) in [5, 5.41) is 6.41. The number of fused-ring (bicyclic) bond motifs is 1. The summed E-state index contributed by atoms with van der Waals surface area (Å²) in [7, 11) is 0. The van der Waals surface area contributed by atoms with Gasteiger partial charge in [0.05, 0.1) is 16.8 Å². The second kappa shape index (κ2) is 9.10. The van der Waals surface area contributed by atoms with E-state index in [9.17, 15) is 22.4 Å². The molecule has 3 heterocycles. The number of aromatic nitrogens is 4. The van der Waals surface area contributed by atoms with Crippen molar-refractivity contribution in [2.75, 3.05) is 10.6 Å². The summed E-state index contributed by atoms with van der Waals surface area (Å²) in [5.74, 6) is -2.16. The van der Waals surface area contributed by atoms with Crippen LogP contribution in [0.15, 0.2) is 79.4 Å². The van der Waals surface area contributed by atoms with E-state index >= 15 is 0 Å². The highest BCUT2D eigenvalue weighted by Crippen LogP contribution is 2.33. The summed E-state index contributed by atoms with van der Waals surface area (Å²) >= 11 is 0. The minimum atomic E-state index is -4.92. The molecule has 0 fully saturated rings. The van der Waals surface area contributed by atoms with E-state index in [1.54, 1.807) is 36.7 Å². The van der Waals surface area contributed by atoms with Crippen molar-refractivity contribution in [3.05, 3.63) is 96.3 Å². The van der Waals surface area contributed by atoms with Crippen molar-refractivity contribution < 1.29 is 22.4 Å². The van der Waals surface area contributed by atoms with E-state index in [2.05, 4.69) is 30.6 Å². The van der Waals surface area contributed by atoms with Crippen LogP contribution < -0.4 is 10.6 Å². The van der Waals surface area contributed by atoms with Gasteiger partial charge in [0.1, 0.15) is 23.6 Å². The van der Waals surface area contributed by atoms with Gasteiger partial charge in [-0.1, -0.05) is 12.1 Å². The van der Waals surface area contributed by atoms with Crippen molar-refractivity contribution in [3.8, 4) is 11.3 Å². The molecule has 0 spiro atoms. The highest BCUT2D eigenvalue weighted by Gasteiger charge is 2.35. The van der Waals surface area contributed by atoms with Gasteiger partial charge in [-0.3, -0.25) is 4.79 Å². The molecule has 0 aliphatic heterocycles. The molecule has 0 aliphatic carbocycles. The average molecular weight is 492 g/mol. The van der Waals surface area contributed by atoms with Crippen molar-refractivity contribution in [2.45, 2.75) is 6.18 Å². The number of benzene rings is 2. The number of hydrogen-bond acceptors (Lipinski definition) is 5. The number of nitrogens with zero attached hydrogens (tertiary/aromatic N) is 3. The normalized spacial score (nSPS) is 11.4. The van der Waals surface area contributed by atoms with E-state index in [1.165, 1.54) is 12.4 Å². The van der Waals surface area contributed by atoms with Crippen LogP contribution in [0.2, 0.25) is 0 Å². The lowest BCUT2D eigenvalue weighted by Crippen LogP contribution is -2.17. The Balaban J connectivity index is 1.41. The van der Waals surface area contributed by atoms with Gasteiger partial charge in [0.25, 0.3) is 5.91 Å². The number of alkyl halides is 3. The highest BCUT2D eigenvalue weighted by molar-refractivity contribution is 6.05. The largest absolute Gasteiger partial charge is 0.419 e. The molecule has 2 aromatic carbocycles. The van der Waals surface area contributed by atoms with Gasteiger partial charge in [0.2, 0.25) is 0 Å². The number of halogens is 4. The Kier molecular flexibility index (Phi) is 5.80. The predicted octanol–water partition coefficient (Wildman–Crippen LogP) is 6.17. The molecule has 0 atom stereocenters. The maximum atomic E-state index is 14.4. The molecule has 3 aromatic heterocycles. The van der Waals surface area contributed by atoms with Gasteiger partial charge >= 0.3 is 6.18 Å². The number of amides is 1. The molecule has 36 heavy (non-hydrogen) atoms. The first-order chi connectivity index (χ1) is 17.3. The fraction of sp³-hybridized carbons (Fsp3) is 0.0400. The summed E-state index contributed by atoms with van der Waals surface area (Å²) in [6.45, 7) is 0. The zero-order valence-electron chi connectivity index (χ0n) is 18.3. The molecule has 180 valence electrons. The Bertz CT molecular complexity index is 1580. The third kappa shape index (κ3) is 4.45. The maximum Gasteiger partial charge on any atom is 0.419 e. The van der Waals surface area contributed by atoms with E-state index < -0.39 is 29.0 Å². The summed E-state index contributed by atoms with van der Waals surface area (Å²) < 4.78 is 53.4. The summed E-state index contributed by atoms with van der Waals surface area (Å²) in [5.41, 5.74) is 0.572. The van der Waals surface area contributed by atoms with Crippen molar-refractivity contribution >= 4 is 34.1 Å². The molecule has 0 saturated heterocycles. The van der Waals surface area contributed by atoms with Gasteiger partial charge in [0, 0.05) is 34.7 Å². The summed E-state index contributed by atoms with van der Waals surface area (Å²) in [6, 6.07) is 14.4. The maximum absolute atomic E-state index is 14.4. The van der Waals surface area contributed by atoms with Crippen LogP contribution in [0.25, 0.3) is 22.3 Å². The van der Waals surface area contributed by atoms with Crippen LogP contribution in [0.1, 0.15) is 15.9 Å². The van der Waals surface area contributed by atoms with E-state index in [0.29, 0.717) is 34.5 Å². The number of pyridine rings is 1. The summed E-state index contributed by atoms with van der Waals surface area (Å²) in [4.78, 5) is 28.6. The third-order valence-electron chi connectivity index (χ3n) is 5.35. The first kappa shape index (κ1) is 23.0. The fourth-order valence-electron chi connectivity index (χ4n) is 3.72. The van der Waals surface area contributed by atoms with Crippen LogP contribution >= 0.6 is 0 Å². The van der Waals surface area contributed by atoms with Crippen molar-refractivity contribution in [3.63, 3.8) is 0 Å². The van der Waals surface area contributed by atoms with Gasteiger partial charge in [-0.15, -0.1) is 0 Å². The van der Waals surface area contributed by atoms with Gasteiger partial charge < -0.3 is 15.6 Å². The van der Waals surface area contributed by atoms with Gasteiger partial charge in [-0.05, 0) is 48.5 Å². The topological polar surface area (TPSA) is 95.6 Å². The monoisotopic (exact) mass is 492 g/mol. The second-order valence-electron chi connectivity index (χ2n) is 7.69. The molecule has 0 saturated carbocycles. The first-order valence-corrected chi connectivity index (χ1v) is 10.6. The van der Waals surface area contributed by atoms with Gasteiger partial charge in [-0.2, -0.15) is 13.2 Å². The Hall–Kier alpha value is -4.80. The quantitative estimate of drug-likeness (QED) is 0.255. The Morgan fingerprint density at radius 2 is 1.72 bits per heavy atom. The van der Waals surface area contributed by atoms with Crippen molar-refractivity contribution in [1.82, 2.24) is 19.9 Å². The van der Waals surface area contributed by atoms with E-state index in [4.69, 9.17) is 0 Å². The lowest BCUT2D eigenvalue weighted by Gasteiger charge is -2.13. The summed E-state index contributed by atoms with van der Waals surface area (Å²) in [6.07, 6.45) is -0.122. The number of anilines is 3. The Morgan fingerprint density at radius 3 is 2.56 bits per heavy atom. The Morgan fingerprint density at radius 1 is 0.917 bits per heavy atom. The number of H-pyrrole nitrogens is 1. The second-order valence-corrected chi connectivity index (χ2v) is 7.69. The van der Waals surface area contributed by atoms with Crippen molar-refractivity contribution in [2.24, 2.45) is 0 Å². The first-order valence-electron chi connectivity index (χ1n) is 10.6. The minimum absolute atomic E-state index is 0.245. The van der Waals surface area contributed by atoms with Crippen LogP contribution in [0.5, 0.6) is 0 Å². The Labute approximate surface area is 201 Å². The number of carbonyl (C=O) groups is 1. The van der Waals surface area contributed by atoms with Crippen molar-refractivity contribution in [1.29, 1.82) is 0 Å². The molecule has 5 aromatic rings. The van der Waals surface area contributed by atoms with Crippen LogP contribution in [-0.4, -0.2) is 25.8 Å². The van der Waals surface area contributed by atoms with E-state index in [1.807, 2.05) is 12.1 Å². The molecule has 7 nitrogen and oxygen atoms in total. The molecule has 0 unspecified atom stereocenters. The molecular weight excluding hydrogens is 476 g/mol. The molecule has 3 N–H and O–H groups in total. The zero-order valence-corrected chi connectivity index (χ0v) is 18.3. The SMILES string of the molecule is O=C(Nc1cccc(Nc2ncccc2-c2ncnc3[nH]ccc23)c1)c1cccc(C(F)(F)F)c1F. The molecule has 11 heteroatoms. The van der Waals surface area contributed by atoms with Crippen LogP contribution in [0.3, 0.4) is 0 Å². The van der Waals surface area contributed by atoms with Crippen LogP contribution in [-0.2, 0) is 6.18 Å². The lowest BCUT2D eigenvalue weighted by molar-refractivity contribution is -0.140. The molecule has 0 radical (unpaired) electrons. The minimum Gasteiger partial charge on any atom is -0.346 e. The van der Waals surface area contributed by atoms with E-state index in [-0.39, 0.29) is 5.69 Å². The van der Waals surface area contributed by atoms with Gasteiger partial charge in [-0.25, -0.2) is 19.3 Å². The highest BCUT2D eigenvalue weighted by atomic mass is 19.4. The fourth-order valence-corrected chi connectivity index (χ4v) is 3.72. The number of aromatic amines is 1. The van der Waals surface area contributed by atoms with Crippen LogP contribution in [0, 0.1) is 5.82 Å². The zero-order chi connectivity index (χ0) is 25.3. The molecule has 0 aliphatic rings. The number of nitrogens with one attached hydrogen (secondary N) is 3. The van der Waals surface area contributed by atoms with Crippen LogP contribution in [0.4, 0.5) is 34.8 Å². The number of rotatable bonds is 5. The van der Waals surface area contributed by atoms with Gasteiger partial charge in [0.15, 0.2) is 0 Å². The molecular formula is C25H16F4N6O. The molecule has 1 amide bonds. The predicted molar refractivity (Wildman–Crippen MR) is 126 cm³/mol. The molecule has 5 rings (SSSR count). The van der Waals surface area contributed by atoms with E-state index in [0.717, 1.165) is 17.5 Å².